The van der Waals surface area contributed by atoms with E-state index in [-0.39, 0.29) is 12.0 Å². The first-order valence-electron chi connectivity index (χ1n) is 4.75. The summed E-state index contributed by atoms with van der Waals surface area (Å²) < 4.78 is 4.71. The van der Waals surface area contributed by atoms with Crippen molar-refractivity contribution in [1.29, 1.82) is 0 Å². The average Bonchev–Trinajstić information content (AvgIpc) is 2.08. The first-order valence-corrected chi connectivity index (χ1v) is 4.75. The van der Waals surface area contributed by atoms with Gasteiger partial charge >= 0.3 is 5.97 Å². The van der Waals surface area contributed by atoms with E-state index in [1.54, 1.807) is 0 Å². The van der Waals surface area contributed by atoms with Gasteiger partial charge in [-0.1, -0.05) is 6.92 Å². The Morgan fingerprint density at radius 1 is 1.69 bits per heavy atom. The van der Waals surface area contributed by atoms with Crippen LogP contribution in [0.25, 0.3) is 0 Å². The minimum Gasteiger partial charge on any atom is -0.468 e. The maximum absolute atomic E-state index is 11.3. The van der Waals surface area contributed by atoms with Crippen LogP contribution in [0.3, 0.4) is 0 Å². The molecule has 0 aliphatic carbocycles. The normalized spacial score (nSPS) is 19.7. The molecule has 4 heteroatoms. The fraction of sp³-hybridized carbons (Fsp3) is 0.889. The van der Waals surface area contributed by atoms with Gasteiger partial charge in [0.25, 0.3) is 0 Å². The third-order valence-corrected chi connectivity index (χ3v) is 2.63. The van der Waals surface area contributed by atoms with E-state index < -0.39 is 0 Å². The summed E-state index contributed by atoms with van der Waals surface area (Å²) >= 11 is 0. The van der Waals surface area contributed by atoms with Crippen LogP contribution in [0, 0.1) is 0 Å². The smallest absolute Gasteiger partial charge is 0.322 e. The molecule has 1 saturated heterocycles. The Bertz CT molecular complexity index is 180. The number of hydrogen-bond donors (Lipinski definition) is 1. The van der Waals surface area contributed by atoms with Gasteiger partial charge in [0, 0.05) is 19.1 Å². The van der Waals surface area contributed by atoms with Crippen LogP contribution in [-0.2, 0) is 9.53 Å². The van der Waals surface area contributed by atoms with Crippen LogP contribution in [0.2, 0.25) is 0 Å². The average molecular weight is 186 g/mol. The number of methoxy groups -OCH3 is 1. The highest BCUT2D eigenvalue weighted by atomic mass is 16.5. The molecule has 76 valence electrons. The summed E-state index contributed by atoms with van der Waals surface area (Å²) in [5, 5.41) is 3.19. The number of rotatable bonds is 4. The largest absolute Gasteiger partial charge is 0.468 e. The van der Waals surface area contributed by atoms with E-state index in [9.17, 15) is 4.79 Å². The number of ether oxygens (including phenoxy) is 1. The van der Waals surface area contributed by atoms with Gasteiger partial charge in [-0.3, -0.25) is 9.69 Å². The molecule has 0 aromatic rings. The van der Waals surface area contributed by atoms with Crippen molar-refractivity contribution in [3.05, 3.63) is 0 Å². The van der Waals surface area contributed by atoms with E-state index in [0.29, 0.717) is 6.04 Å². The molecular weight excluding hydrogens is 168 g/mol. The molecular formula is C9H18N2O2. The molecule has 13 heavy (non-hydrogen) atoms. The number of esters is 1. The number of nitrogens with zero attached hydrogens (tertiary/aromatic N) is 1. The Labute approximate surface area is 79.2 Å². The third-order valence-electron chi connectivity index (χ3n) is 2.63. The molecule has 0 spiro atoms. The highest BCUT2D eigenvalue weighted by molar-refractivity contribution is 5.75. The Morgan fingerprint density at radius 3 is 2.62 bits per heavy atom. The van der Waals surface area contributed by atoms with Crippen LogP contribution >= 0.6 is 0 Å². The lowest BCUT2D eigenvalue weighted by Gasteiger charge is -2.40. The SMILES string of the molecule is CCN(C1CNC1)C(C)C(=O)OC. The summed E-state index contributed by atoms with van der Waals surface area (Å²) in [5.74, 6) is -0.145. The lowest BCUT2D eigenvalue weighted by Crippen LogP contribution is -2.60. The minimum absolute atomic E-state index is 0.123. The quantitative estimate of drug-likeness (QED) is 0.620. The molecule has 0 aromatic heterocycles. The van der Waals surface area contributed by atoms with Crippen molar-refractivity contribution in [2.45, 2.75) is 25.9 Å². The molecule has 1 rings (SSSR count). The van der Waals surface area contributed by atoms with Gasteiger partial charge in [-0.05, 0) is 13.5 Å². The predicted molar refractivity (Wildman–Crippen MR) is 50.5 cm³/mol. The minimum atomic E-state index is -0.145. The van der Waals surface area contributed by atoms with E-state index >= 15 is 0 Å². The van der Waals surface area contributed by atoms with Gasteiger partial charge in [0.15, 0.2) is 0 Å². The highest BCUT2D eigenvalue weighted by Gasteiger charge is 2.30. The first-order chi connectivity index (χ1) is 6.20. The number of likely N-dealkylation sites (N-methyl/N-ethyl adjacent to an activating group) is 1. The van der Waals surface area contributed by atoms with Crippen LogP contribution in [0.5, 0.6) is 0 Å². The van der Waals surface area contributed by atoms with Crippen LogP contribution in [0.4, 0.5) is 0 Å². The van der Waals surface area contributed by atoms with Gasteiger partial charge in [-0.15, -0.1) is 0 Å². The highest BCUT2D eigenvalue weighted by Crippen LogP contribution is 2.10. The van der Waals surface area contributed by atoms with Crippen LogP contribution in [0.15, 0.2) is 0 Å². The molecule has 1 aliphatic heterocycles. The number of hydrogen-bond acceptors (Lipinski definition) is 4. The van der Waals surface area contributed by atoms with Crippen molar-refractivity contribution in [2.75, 3.05) is 26.7 Å². The summed E-state index contributed by atoms with van der Waals surface area (Å²) in [6.07, 6.45) is 0. The molecule has 4 nitrogen and oxygen atoms in total. The Morgan fingerprint density at radius 2 is 2.31 bits per heavy atom. The predicted octanol–water partition coefficient (Wildman–Crippen LogP) is -0.158. The first kappa shape index (κ1) is 10.5. The van der Waals surface area contributed by atoms with E-state index in [4.69, 9.17) is 4.74 Å². The van der Waals surface area contributed by atoms with Crippen LogP contribution in [-0.4, -0.2) is 49.7 Å². The summed E-state index contributed by atoms with van der Waals surface area (Å²) in [6.45, 7) is 6.82. The molecule has 1 heterocycles. The summed E-state index contributed by atoms with van der Waals surface area (Å²) in [6, 6.07) is 0.376. The number of carbonyl (C=O) groups excluding carboxylic acids is 1. The summed E-state index contributed by atoms with van der Waals surface area (Å²) in [4.78, 5) is 13.4. The summed E-state index contributed by atoms with van der Waals surface area (Å²) in [7, 11) is 1.44. The molecule has 0 radical (unpaired) electrons. The topological polar surface area (TPSA) is 41.6 Å². The zero-order chi connectivity index (χ0) is 9.84. The van der Waals surface area contributed by atoms with Gasteiger partial charge in [0.2, 0.25) is 0 Å². The number of nitrogens with one attached hydrogen (secondary N) is 1. The summed E-state index contributed by atoms with van der Waals surface area (Å²) in [5.41, 5.74) is 0. The van der Waals surface area contributed by atoms with Gasteiger partial charge in [0.1, 0.15) is 6.04 Å². The molecule has 1 aliphatic rings. The maximum Gasteiger partial charge on any atom is 0.322 e. The second-order valence-electron chi connectivity index (χ2n) is 3.34. The standard InChI is InChI=1S/C9H18N2O2/c1-4-11(8-5-10-6-8)7(2)9(12)13-3/h7-8,10H,4-6H2,1-3H3. The maximum atomic E-state index is 11.3. The lowest BCUT2D eigenvalue weighted by molar-refractivity contribution is -0.147. The van der Waals surface area contributed by atoms with E-state index in [2.05, 4.69) is 17.1 Å². The zero-order valence-electron chi connectivity index (χ0n) is 8.54. The molecule has 0 saturated carbocycles. The monoisotopic (exact) mass is 186 g/mol. The second kappa shape index (κ2) is 4.58. The van der Waals surface area contributed by atoms with E-state index in [1.165, 1.54) is 7.11 Å². The van der Waals surface area contributed by atoms with Crippen molar-refractivity contribution in [2.24, 2.45) is 0 Å². The van der Waals surface area contributed by atoms with E-state index in [1.807, 2.05) is 6.92 Å². The van der Waals surface area contributed by atoms with Crippen molar-refractivity contribution in [3.8, 4) is 0 Å². The molecule has 1 N–H and O–H groups in total. The Hall–Kier alpha value is -0.610. The fourth-order valence-electron chi connectivity index (χ4n) is 1.66. The van der Waals surface area contributed by atoms with Crippen molar-refractivity contribution in [1.82, 2.24) is 10.2 Å². The van der Waals surface area contributed by atoms with Gasteiger partial charge < -0.3 is 10.1 Å². The van der Waals surface area contributed by atoms with Gasteiger partial charge in [0.05, 0.1) is 7.11 Å². The molecule has 1 unspecified atom stereocenters. The fourth-order valence-corrected chi connectivity index (χ4v) is 1.66. The lowest BCUT2D eigenvalue weighted by atomic mass is 10.1. The van der Waals surface area contributed by atoms with Gasteiger partial charge in [-0.25, -0.2) is 0 Å². The Balaban J connectivity index is 2.48. The van der Waals surface area contributed by atoms with Gasteiger partial charge in [-0.2, -0.15) is 0 Å². The van der Waals surface area contributed by atoms with Crippen LogP contribution in [0.1, 0.15) is 13.8 Å². The van der Waals surface area contributed by atoms with Crippen molar-refractivity contribution >= 4 is 5.97 Å². The Kier molecular flexibility index (Phi) is 3.69. The van der Waals surface area contributed by atoms with Crippen LogP contribution < -0.4 is 5.32 Å². The van der Waals surface area contributed by atoms with Crippen molar-refractivity contribution < 1.29 is 9.53 Å². The molecule has 0 aromatic carbocycles. The molecule has 1 atom stereocenters. The van der Waals surface area contributed by atoms with Crippen molar-refractivity contribution in [3.63, 3.8) is 0 Å². The van der Waals surface area contributed by atoms with E-state index in [0.717, 1.165) is 19.6 Å². The molecule has 1 fully saturated rings. The third kappa shape index (κ3) is 2.19. The molecule has 0 amide bonds. The number of carbonyl (C=O) groups is 1. The second-order valence-corrected chi connectivity index (χ2v) is 3.34. The molecule has 0 bridgehead atoms. The zero-order valence-corrected chi connectivity index (χ0v) is 8.54.